The molecule has 0 aliphatic rings. The lowest BCUT2D eigenvalue weighted by Crippen LogP contribution is -1.76. The van der Waals surface area contributed by atoms with Crippen molar-refractivity contribution in [1.82, 2.24) is 0 Å². The molecule has 0 bridgehead atoms. The van der Waals surface area contributed by atoms with Crippen LogP contribution in [0.1, 0.15) is 0 Å². The molecule has 0 fully saturated rings. The molecule has 0 atom stereocenters. The van der Waals surface area contributed by atoms with Gasteiger partial charge in [0.25, 0.3) is 0 Å². The van der Waals surface area contributed by atoms with Gasteiger partial charge in [-0.2, -0.15) is 12.6 Å². The van der Waals surface area contributed by atoms with Crippen molar-refractivity contribution in [3.63, 3.8) is 0 Å². The van der Waals surface area contributed by atoms with Gasteiger partial charge in [-0.05, 0) is 0 Å². The second kappa shape index (κ2) is 18.6. The smallest absolute Gasteiger partial charge is 0.0519 e. The summed E-state index contributed by atoms with van der Waals surface area (Å²) in [5.74, 6) is 0.569. The molecule has 0 aromatic heterocycles. The van der Waals surface area contributed by atoms with Crippen molar-refractivity contribution >= 4 is 12.6 Å². The number of hydrogen-bond donors (Lipinski definition) is 3. The molecule has 2 N–H and O–H groups in total. The first kappa shape index (κ1) is 9.55. The molecule has 3 heteroatoms. The van der Waals surface area contributed by atoms with Crippen LogP contribution in [0, 0.1) is 0 Å². The lowest BCUT2D eigenvalue weighted by atomic mass is 10.9. The minimum Gasteiger partial charge on any atom is -0.400 e. The molecule has 0 unspecified atom stereocenters. The second-order valence-corrected chi connectivity index (χ2v) is 0.894. The van der Waals surface area contributed by atoms with E-state index >= 15 is 0 Å². The van der Waals surface area contributed by atoms with Gasteiger partial charge in [-0.1, -0.05) is 0 Å². The van der Waals surface area contributed by atoms with Gasteiger partial charge in [0.1, 0.15) is 0 Å². The highest BCUT2D eigenvalue weighted by atomic mass is 32.1. The Bertz CT molecular complexity index is 10.8. The van der Waals surface area contributed by atoms with E-state index in [-0.39, 0.29) is 6.61 Å². The second-order valence-electron chi connectivity index (χ2n) is 0.447. The predicted octanol–water partition coefficient (Wildman–Crippen LogP) is -0.483. The van der Waals surface area contributed by atoms with Crippen LogP contribution in [0.2, 0.25) is 0 Å². The average Bonchev–Trinajstić information content (AvgIpc) is 1.72. The van der Waals surface area contributed by atoms with Crippen LogP contribution in [0.4, 0.5) is 0 Å². The fraction of sp³-hybridized carbons (Fsp3) is 1.00. The van der Waals surface area contributed by atoms with Gasteiger partial charge in [0.15, 0.2) is 0 Å². The van der Waals surface area contributed by atoms with Gasteiger partial charge in [-0.25, -0.2) is 0 Å². The van der Waals surface area contributed by atoms with E-state index in [0.717, 1.165) is 7.11 Å². The normalized spacial score (nSPS) is 6.00. The van der Waals surface area contributed by atoms with Crippen molar-refractivity contribution in [3.8, 4) is 0 Å². The van der Waals surface area contributed by atoms with Gasteiger partial charge in [-0.15, -0.1) is 0 Å². The van der Waals surface area contributed by atoms with Crippen LogP contribution >= 0.6 is 12.6 Å². The third kappa shape index (κ3) is 28.3. The Morgan fingerprint density at radius 3 is 1.67 bits per heavy atom. The Morgan fingerprint density at radius 2 is 1.67 bits per heavy atom. The molecule has 0 aromatic rings. The summed E-state index contributed by atoms with van der Waals surface area (Å²) >= 11 is 3.67. The highest BCUT2D eigenvalue weighted by Crippen LogP contribution is 1.61. The Labute approximate surface area is 43.2 Å². The standard InChI is InChI=1S/C2H6OS.CH4O/c3-1-2-4;1-2/h3-4H,1-2H2;2H,1H3. The van der Waals surface area contributed by atoms with Crippen LogP contribution in [-0.2, 0) is 0 Å². The molecule has 0 aliphatic carbocycles. The van der Waals surface area contributed by atoms with Crippen molar-refractivity contribution in [2.45, 2.75) is 0 Å². The molecule has 0 heterocycles. The maximum Gasteiger partial charge on any atom is 0.0519 e. The lowest BCUT2D eigenvalue weighted by molar-refractivity contribution is 0.323. The third-order valence-corrected chi connectivity index (χ3v) is 0.300. The summed E-state index contributed by atoms with van der Waals surface area (Å²) < 4.78 is 0. The number of aliphatic hydroxyl groups excluding tert-OH is 2. The predicted molar refractivity (Wildman–Crippen MR) is 29.1 cm³/mol. The minimum atomic E-state index is 0.184. The number of aliphatic hydroxyl groups is 2. The highest BCUT2D eigenvalue weighted by Gasteiger charge is 1.57. The summed E-state index contributed by atoms with van der Waals surface area (Å²) in [7, 11) is 1.00. The zero-order chi connectivity index (χ0) is 5.41. The van der Waals surface area contributed by atoms with E-state index in [1.165, 1.54) is 0 Å². The summed E-state index contributed by atoms with van der Waals surface area (Å²) in [6, 6.07) is 0. The molecule has 0 aromatic carbocycles. The van der Waals surface area contributed by atoms with E-state index in [9.17, 15) is 0 Å². The molecule has 0 saturated heterocycles. The first-order valence-electron chi connectivity index (χ1n) is 1.58. The monoisotopic (exact) mass is 110 g/mol. The number of hydrogen-bond acceptors (Lipinski definition) is 3. The minimum absolute atomic E-state index is 0.184. The zero-order valence-electron chi connectivity index (χ0n) is 3.76. The summed E-state index contributed by atoms with van der Waals surface area (Å²) in [5.41, 5.74) is 0. The molecule has 6 heavy (non-hydrogen) atoms. The Balaban J connectivity index is 0. The van der Waals surface area contributed by atoms with Crippen molar-refractivity contribution in [3.05, 3.63) is 0 Å². The van der Waals surface area contributed by atoms with Crippen molar-refractivity contribution in [2.24, 2.45) is 0 Å². The molecular formula is C3H10O2S. The van der Waals surface area contributed by atoms with Gasteiger partial charge >= 0.3 is 0 Å². The quantitative estimate of drug-likeness (QED) is 0.399. The fourth-order valence-corrected chi connectivity index (χ4v) is 0. The summed E-state index contributed by atoms with van der Waals surface area (Å²) in [6.45, 7) is 0.184. The van der Waals surface area contributed by atoms with E-state index in [0.29, 0.717) is 5.75 Å². The fourth-order valence-electron chi connectivity index (χ4n) is 0. The van der Waals surface area contributed by atoms with E-state index in [1.807, 2.05) is 0 Å². The first-order chi connectivity index (χ1) is 2.91. The average molecular weight is 110 g/mol. The van der Waals surface area contributed by atoms with Crippen molar-refractivity contribution in [1.29, 1.82) is 0 Å². The number of thiol groups is 1. The molecule has 0 aliphatic heterocycles. The zero-order valence-corrected chi connectivity index (χ0v) is 4.65. The van der Waals surface area contributed by atoms with Crippen molar-refractivity contribution < 1.29 is 10.2 Å². The van der Waals surface area contributed by atoms with Crippen LogP contribution in [-0.4, -0.2) is 29.7 Å². The molecule has 0 radical (unpaired) electrons. The van der Waals surface area contributed by atoms with E-state index in [4.69, 9.17) is 10.2 Å². The lowest BCUT2D eigenvalue weighted by Gasteiger charge is -1.69. The van der Waals surface area contributed by atoms with Gasteiger partial charge in [0.2, 0.25) is 0 Å². The molecule has 40 valence electrons. The molecule has 2 nitrogen and oxygen atoms in total. The van der Waals surface area contributed by atoms with E-state index in [2.05, 4.69) is 12.6 Å². The van der Waals surface area contributed by atoms with E-state index in [1.54, 1.807) is 0 Å². The molecule has 0 rings (SSSR count). The Hall–Kier alpha value is 0.270. The third-order valence-electron chi connectivity index (χ3n) is 0.1000. The molecular weight excluding hydrogens is 100 g/mol. The van der Waals surface area contributed by atoms with Gasteiger partial charge < -0.3 is 10.2 Å². The Kier molecular flexibility index (Phi) is 29.7. The first-order valence-corrected chi connectivity index (χ1v) is 2.21. The van der Waals surface area contributed by atoms with Crippen LogP contribution in [0.3, 0.4) is 0 Å². The van der Waals surface area contributed by atoms with Crippen molar-refractivity contribution in [2.75, 3.05) is 19.5 Å². The van der Waals surface area contributed by atoms with Crippen LogP contribution in [0.5, 0.6) is 0 Å². The molecule has 0 spiro atoms. The van der Waals surface area contributed by atoms with Gasteiger partial charge in [-0.3, -0.25) is 0 Å². The summed E-state index contributed by atoms with van der Waals surface area (Å²) in [5, 5.41) is 14.8. The maximum atomic E-state index is 7.80. The molecule has 0 amide bonds. The summed E-state index contributed by atoms with van der Waals surface area (Å²) in [4.78, 5) is 0. The molecule has 0 saturated carbocycles. The van der Waals surface area contributed by atoms with Gasteiger partial charge in [0.05, 0.1) is 6.61 Å². The number of rotatable bonds is 1. The van der Waals surface area contributed by atoms with Crippen LogP contribution in [0.15, 0.2) is 0 Å². The largest absolute Gasteiger partial charge is 0.400 e. The maximum absolute atomic E-state index is 7.80. The van der Waals surface area contributed by atoms with Gasteiger partial charge in [0, 0.05) is 12.9 Å². The van der Waals surface area contributed by atoms with Crippen LogP contribution < -0.4 is 0 Å². The topological polar surface area (TPSA) is 40.5 Å². The van der Waals surface area contributed by atoms with E-state index < -0.39 is 0 Å². The SMILES string of the molecule is CO.OCCS. The summed E-state index contributed by atoms with van der Waals surface area (Å²) in [6.07, 6.45) is 0. The van der Waals surface area contributed by atoms with Crippen LogP contribution in [0.25, 0.3) is 0 Å². The highest BCUT2D eigenvalue weighted by molar-refractivity contribution is 7.80. The Morgan fingerprint density at radius 1 is 1.50 bits per heavy atom.